The lowest BCUT2D eigenvalue weighted by Crippen LogP contribution is -2.26. The number of hydrogen-bond donors (Lipinski definition) is 1. The molecule has 158 valence electrons. The Morgan fingerprint density at radius 3 is 2.00 bits per heavy atom. The van der Waals surface area contributed by atoms with Crippen molar-refractivity contribution in [3.63, 3.8) is 0 Å². The van der Waals surface area contributed by atoms with E-state index in [1.54, 1.807) is 0 Å². The van der Waals surface area contributed by atoms with E-state index in [4.69, 9.17) is 18.9 Å². The standard InChI is InChI=1S/C23H25NO6/c25-18(3-1-2-16-4-7-19-21(12-16)29-14-27-19)6-9-23(26)24-11-10-17-5-8-20-22(13-17)30-15-28-20/h4-5,7-8,12-13H,1-3,6,9-11,14-15H2,(H,24,26). The summed E-state index contributed by atoms with van der Waals surface area (Å²) in [6.07, 6.45) is 3.22. The third-order valence-corrected chi connectivity index (χ3v) is 5.16. The Hall–Kier alpha value is -3.22. The van der Waals surface area contributed by atoms with Crippen LogP contribution in [-0.4, -0.2) is 31.8 Å². The number of Topliss-reactive ketones (excluding diaryl/α,β-unsaturated/α-hetero) is 1. The van der Waals surface area contributed by atoms with Gasteiger partial charge in [-0.3, -0.25) is 9.59 Å². The lowest BCUT2D eigenvalue weighted by molar-refractivity contribution is -0.125. The maximum atomic E-state index is 12.1. The Kier molecular flexibility index (Phi) is 6.37. The minimum absolute atomic E-state index is 0.0973. The molecule has 2 aliphatic heterocycles. The van der Waals surface area contributed by atoms with Crippen molar-refractivity contribution < 1.29 is 28.5 Å². The topological polar surface area (TPSA) is 83.1 Å². The fourth-order valence-corrected chi connectivity index (χ4v) is 3.50. The molecule has 0 spiro atoms. The van der Waals surface area contributed by atoms with Gasteiger partial charge in [0.2, 0.25) is 19.5 Å². The summed E-state index contributed by atoms with van der Waals surface area (Å²) in [7, 11) is 0. The SMILES string of the molecule is O=C(CCCc1ccc2c(c1)OCO2)CCC(=O)NCCc1ccc2c(c1)OCO2. The third-order valence-electron chi connectivity index (χ3n) is 5.16. The molecule has 0 atom stereocenters. The number of hydrogen-bond acceptors (Lipinski definition) is 6. The molecule has 1 N–H and O–H groups in total. The number of benzene rings is 2. The number of ketones is 1. The molecule has 4 rings (SSSR count). The molecule has 0 unspecified atom stereocenters. The molecule has 0 saturated heterocycles. The number of carbonyl (C=O) groups is 2. The molecule has 0 bridgehead atoms. The number of carbonyl (C=O) groups excluding carboxylic acids is 2. The molecule has 0 aliphatic carbocycles. The fraction of sp³-hybridized carbons (Fsp3) is 0.391. The molecule has 0 radical (unpaired) electrons. The zero-order valence-corrected chi connectivity index (χ0v) is 16.8. The van der Waals surface area contributed by atoms with Crippen LogP contribution in [0, 0.1) is 0 Å². The molecule has 7 nitrogen and oxygen atoms in total. The van der Waals surface area contributed by atoms with Crippen molar-refractivity contribution in [3.05, 3.63) is 47.5 Å². The van der Waals surface area contributed by atoms with E-state index in [0.717, 1.165) is 47.0 Å². The van der Waals surface area contributed by atoms with Crippen LogP contribution in [-0.2, 0) is 22.4 Å². The lowest BCUT2D eigenvalue weighted by atomic mass is 10.0. The minimum atomic E-state index is -0.0973. The van der Waals surface area contributed by atoms with Crippen LogP contribution >= 0.6 is 0 Å². The Bertz CT molecular complexity index is 850. The first-order valence-electron chi connectivity index (χ1n) is 10.2. The largest absolute Gasteiger partial charge is 0.454 e. The summed E-state index contributed by atoms with van der Waals surface area (Å²) in [4.78, 5) is 24.1. The molecule has 1 amide bonds. The Morgan fingerprint density at radius 1 is 0.733 bits per heavy atom. The Balaban J connectivity index is 1.09. The predicted molar refractivity (Wildman–Crippen MR) is 109 cm³/mol. The summed E-state index contributed by atoms with van der Waals surface area (Å²) in [5.74, 6) is 3.03. The molecular weight excluding hydrogens is 386 g/mol. The summed E-state index contributed by atoms with van der Waals surface area (Å²) in [6.45, 7) is 1.03. The van der Waals surface area contributed by atoms with Crippen molar-refractivity contribution in [2.45, 2.75) is 38.5 Å². The van der Waals surface area contributed by atoms with E-state index in [9.17, 15) is 9.59 Å². The van der Waals surface area contributed by atoms with Gasteiger partial charge >= 0.3 is 0 Å². The second-order valence-corrected chi connectivity index (χ2v) is 7.37. The summed E-state index contributed by atoms with van der Waals surface area (Å²) in [6, 6.07) is 11.6. The molecule has 2 aromatic carbocycles. The van der Waals surface area contributed by atoms with E-state index < -0.39 is 0 Å². The monoisotopic (exact) mass is 411 g/mol. The van der Waals surface area contributed by atoms with Gasteiger partial charge in [0.05, 0.1) is 0 Å². The first kappa shape index (κ1) is 20.1. The van der Waals surface area contributed by atoms with Crippen molar-refractivity contribution in [2.75, 3.05) is 20.1 Å². The molecule has 30 heavy (non-hydrogen) atoms. The van der Waals surface area contributed by atoms with E-state index in [1.165, 1.54) is 0 Å². The summed E-state index contributed by atoms with van der Waals surface area (Å²) < 4.78 is 21.3. The van der Waals surface area contributed by atoms with Crippen LogP contribution < -0.4 is 24.3 Å². The third kappa shape index (κ3) is 5.23. The maximum absolute atomic E-state index is 12.1. The molecule has 0 aromatic heterocycles. The fourth-order valence-electron chi connectivity index (χ4n) is 3.50. The molecule has 7 heteroatoms. The maximum Gasteiger partial charge on any atom is 0.231 e. The van der Waals surface area contributed by atoms with Crippen LogP contribution in [0.5, 0.6) is 23.0 Å². The van der Waals surface area contributed by atoms with Crippen molar-refractivity contribution >= 4 is 11.7 Å². The van der Waals surface area contributed by atoms with Crippen LogP contribution in [0.4, 0.5) is 0 Å². The number of amides is 1. The van der Waals surface area contributed by atoms with E-state index in [2.05, 4.69) is 5.32 Å². The summed E-state index contributed by atoms with van der Waals surface area (Å²) in [5, 5.41) is 2.87. The number of fused-ring (bicyclic) bond motifs is 2. The van der Waals surface area contributed by atoms with Crippen LogP contribution in [0.3, 0.4) is 0 Å². The smallest absolute Gasteiger partial charge is 0.231 e. The predicted octanol–water partition coefficient (Wildman–Crippen LogP) is 3.17. The molecule has 0 fully saturated rings. The Morgan fingerprint density at radius 2 is 1.33 bits per heavy atom. The quantitative estimate of drug-likeness (QED) is 0.647. The minimum Gasteiger partial charge on any atom is -0.454 e. The van der Waals surface area contributed by atoms with Gasteiger partial charge in [-0.15, -0.1) is 0 Å². The van der Waals surface area contributed by atoms with E-state index in [-0.39, 0.29) is 38.1 Å². The van der Waals surface area contributed by atoms with Crippen LogP contribution in [0.1, 0.15) is 36.8 Å². The van der Waals surface area contributed by atoms with Crippen molar-refractivity contribution in [1.29, 1.82) is 0 Å². The highest BCUT2D eigenvalue weighted by Gasteiger charge is 2.14. The number of ether oxygens (including phenoxy) is 4. The van der Waals surface area contributed by atoms with Gasteiger partial charge in [0.25, 0.3) is 0 Å². The molecule has 2 aliphatic rings. The Labute approximate surface area is 175 Å². The van der Waals surface area contributed by atoms with Crippen molar-refractivity contribution in [1.82, 2.24) is 5.32 Å². The second kappa shape index (κ2) is 9.52. The van der Waals surface area contributed by atoms with Gasteiger partial charge in [-0.05, 0) is 54.7 Å². The van der Waals surface area contributed by atoms with Gasteiger partial charge < -0.3 is 24.3 Å². The highest BCUT2D eigenvalue weighted by molar-refractivity contribution is 5.84. The van der Waals surface area contributed by atoms with E-state index in [1.807, 2.05) is 36.4 Å². The van der Waals surface area contributed by atoms with Gasteiger partial charge in [-0.1, -0.05) is 12.1 Å². The number of rotatable bonds is 10. The molecule has 2 aromatic rings. The van der Waals surface area contributed by atoms with Crippen LogP contribution in [0.25, 0.3) is 0 Å². The van der Waals surface area contributed by atoms with Gasteiger partial charge in [-0.25, -0.2) is 0 Å². The zero-order chi connectivity index (χ0) is 20.8. The number of aryl methyl sites for hydroxylation is 1. The van der Waals surface area contributed by atoms with Crippen LogP contribution in [0.2, 0.25) is 0 Å². The van der Waals surface area contributed by atoms with E-state index >= 15 is 0 Å². The van der Waals surface area contributed by atoms with Crippen LogP contribution in [0.15, 0.2) is 36.4 Å². The van der Waals surface area contributed by atoms with Gasteiger partial charge in [0.1, 0.15) is 5.78 Å². The summed E-state index contributed by atoms with van der Waals surface area (Å²) >= 11 is 0. The first-order valence-corrected chi connectivity index (χ1v) is 10.2. The van der Waals surface area contributed by atoms with E-state index in [0.29, 0.717) is 19.4 Å². The normalized spacial score (nSPS) is 13.3. The van der Waals surface area contributed by atoms with Gasteiger partial charge in [0, 0.05) is 25.8 Å². The van der Waals surface area contributed by atoms with Crippen molar-refractivity contribution in [3.8, 4) is 23.0 Å². The highest BCUT2D eigenvalue weighted by Crippen LogP contribution is 2.33. The second-order valence-electron chi connectivity index (χ2n) is 7.37. The van der Waals surface area contributed by atoms with Gasteiger partial charge in [-0.2, -0.15) is 0 Å². The highest BCUT2D eigenvalue weighted by atomic mass is 16.7. The first-order chi connectivity index (χ1) is 14.7. The molecular formula is C23H25NO6. The molecule has 2 heterocycles. The summed E-state index contributed by atoms with van der Waals surface area (Å²) in [5.41, 5.74) is 2.19. The van der Waals surface area contributed by atoms with Gasteiger partial charge in [0.15, 0.2) is 23.0 Å². The zero-order valence-electron chi connectivity index (χ0n) is 16.8. The van der Waals surface area contributed by atoms with Crippen molar-refractivity contribution in [2.24, 2.45) is 0 Å². The number of nitrogens with one attached hydrogen (secondary N) is 1. The lowest BCUT2D eigenvalue weighted by Gasteiger charge is -2.06. The average molecular weight is 411 g/mol. The molecule has 0 saturated carbocycles. The average Bonchev–Trinajstić information content (AvgIpc) is 3.40.